The third kappa shape index (κ3) is 4.43. The molecule has 10 heteroatoms. The van der Waals surface area contributed by atoms with E-state index in [0.29, 0.717) is 5.69 Å². The fourth-order valence-electron chi connectivity index (χ4n) is 2.57. The Morgan fingerprint density at radius 1 is 0.966 bits per heavy atom. The van der Waals surface area contributed by atoms with Crippen LogP contribution in [-0.2, 0) is 19.5 Å². The smallest absolute Gasteiger partial charge is 0.337 e. The first-order valence-electron chi connectivity index (χ1n) is 8.28. The molecule has 0 amide bonds. The van der Waals surface area contributed by atoms with Crippen molar-refractivity contribution in [1.29, 1.82) is 0 Å². The molecule has 0 saturated carbocycles. The number of nitrogens with zero attached hydrogens (tertiary/aromatic N) is 2. The molecule has 1 N–H and O–H groups in total. The topological polar surface area (TPSA) is 117 Å². The third-order valence-corrected chi connectivity index (χ3v) is 5.29. The minimum atomic E-state index is -4.12. The van der Waals surface area contributed by atoms with Crippen LogP contribution in [0.2, 0.25) is 0 Å². The normalized spacial score (nSPS) is 11.0. The van der Waals surface area contributed by atoms with Gasteiger partial charge in [-0.15, -0.1) is 0 Å². The standard InChI is InChI=1S/C19H17N3O6S/c1-27-18(23)13-9-14(19(24)28-2)11-17(10-13)29(25,26)21-15-5-3-6-16(12-15)22-8-4-7-20-22/h3-12,21H,1-2H3. The van der Waals surface area contributed by atoms with Gasteiger partial charge in [-0.1, -0.05) is 6.07 Å². The summed E-state index contributed by atoms with van der Waals surface area (Å²) in [5.74, 6) is -1.57. The Hall–Kier alpha value is -3.66. The summed E-state index contributed by atoms with van der Waals surface area (Å²) in [6, 6.07) is 11.8. The van der Waals surface area contributed by atoms with Crippen LogP contribution >= 0.6 is 0 Å². The Kier molecular flexibility index (Phi) is 5.64. The summed E-state index contributed by atoms with van der Waals surface area (Å²) >= 11 is 0. The molecule has 0 saturated heterocycles. The first-order chi connectivity index (χ1) is 13.8. The summed E-state index contributed by atoms with van der Waals surface area (Å²) in [5.41, 5.74) is 0.733. The van der Waals surface area contributed by atoms with Crippen molar-refractivity contribution in [3.8, 4) is 5.69 Å². The van der Waals surface area contributed by atoms with Crippen LogP contribution in [0.25, 0.3) is 5.69 Å². The van der Waals surface area contributed by atoms with Crippen molar-refractivity contribution in [2.45, 2.75) is 4.90 Å². The number of aromatic nitrogens is 2. The Morgan fingerprint density at radius 2 is 1.62 bits per heavy atom. The van der Waals surface area contributed by atoms with Crippen LogP contribution in [-0.4, -0.2) is 44.4 Å². The number of ether oxygens (including phenoxy) is 2. The number of carbonyl (C=O) groups is 2. The van der Waals surface area contributed by atoms with Crippen molar-refractivity contribution in [2.24, 2.45) is 0 Å². The largest absolute Gasteiger partial charge is 0.465 e. The number of hydrogen-bond acceptors (Lipinski definition) is 7. The van der Waals surface area contributed by atoms with Crippen molar-refractivity contribution in [2.75, 3.05) is 18.9 Å². The highest BCUT2D eigenvalue weighted by atomic mass is 32.2. The van der Waals surface area contributed by atoms with Crippen molar-refractivity contribution in [3.05, 3.63) is 72.1 Å². The maximum atomic E-state index is 12.9. The van der Waals surface area contributed by atoms with E-state index in [1.807, 2.05) is 0 Å². The number of carbonyl (C=O) groups excluding carboxylic acids is 2. The van der Waals surface area contributed by atoms with E-state index in [1.54, 1.807) is 47.4 Å². The molecule has 0 radical (unpaired) electrons. The maximum Gasteiger partial charge on any atom is 0.337 e. The van der Waals surface area contributed by atoms with E-state index in [1.165, 1.54) is 6.07 Å². The molecular weight excluding hydrogens is 398 g/mol. The Balaban J connectivity index is 2.00. The highest BCUT2D eigenvalue weighted by Gasteiger charge is 2.21. The van der Waals surface area contributed by atoms with Crippen molar-refractivity contribution >= 4 is 27.6 Å². The Labute approximate surface area is 166 Å². The van der Waals surface area contributed by atoms with Gasteiger partial charge < -0.3 is 9.47 Å². The van der Waals surface area contributed by atoms with Crippen molar-refractivity contribution in [1.82, 2.24) is 9.78 Å². The highest BCUT2D eigenvalue weighted by Crippen LogP contribution is 2.22. The van der Waals surface area contributed by atoms with Gasteiger partial charge in [0.05, 0.1) is 41.6 Å². The SMILES string of the molecule is COC(=O)c1cc(C(=O)OC)cc(S(=O)(=O)Nc2cccc(-n3cccn3)c2)c1. The van der Waals surface area contributed by atoms with Crippen LogP contribution in [0.15, 0.2) is 65.8 Å². The predicted molar refractivity (Wildman–Crippen MR) is 103 cm³/mol. The second-order valence-corrected chi connectivity index (χ2v) is 7.52. The minimum Gasteiger partial charge on any atom is -0.465 e. The summed E-state index contributed by atoms with van der Waals surface area (Å²) in [7, 11) is -1.82. The lowest BCUT2D eigenvalue weighted by Gasteiger charge is -2.12. The van der Waals surface area contributed by atoms with E-state index < -0.39 is 22.0 Å². The summed E-state index contributed by atoms with van der Waals surface area (Å²) in [6.45, 7) is 0. The quantitative estimate of drug-likeness (QED) is 0.614. The van der Waals surface area contributed by atoms with Gasteiger partial charge in [0.2, 0.25) is 0 Å². The van der Waals surface area contributed by atoms with Crippen molar-refractivity contribution in [3.63, 3.8) is 0 Å². The van der Waals surface area contributed by atoms with Gasteiger partial charge in [-0.05, 0) is 42.5 Å². The van der Waals surface area contributed by atoms with Gasteiger partial charge >= 0.3 is 11.9 Å². The van der Waals surface area contributed by atoms with E-state index >= 15 is 0 Å². The van der Waals surface area contributed by atoms with Gasteiger partial charge in [0.1, 0.15) is 0 Å². The van der Waals surface area contributed by atoms with Gasteiger partial charge in [0.25, 0.3) is 10.0 Å². The zero-order valence-corrected chi connectivity index (χ0v) is 16.3. The van der Waals surface area contributed by atoms with Gasteiger partial charge in [0.15, 0.2) is 0 Å². The van der Waals surface area contributed by atoms with Gasteiger partial charge in [-0.25, -0.2) is 22.7 Å². The molecular formula is C19H17N3O6S. The second-order valence-electron chi connectivity index (χ2n) is 5.84. The molecule has 3 aromatic rings. The molecule has 2 aromatic carbocycles. The lowest BCUT2D eigenvalue weighted by atomic mass is 10.1. The second kappa shape index (κ2) is 8.15. The Morgan fingerprint density at radius 3 is 2.17 bits per heavy atom. The summed E-state index contributed by atoms with van der Waals surface area (Å²) in [4.78, 5) is 23.5. The number of sulfonamides is 1. The summed E-state index contributed by atoms with van der Waals surface area (Å²) < 4.78 is 39.0. The molecule has 0 unspecified atom stereocenters. The molecule has 0 bridgehead atoms. The van der Waals surface area contributed by atoms with E-state index in [2.05, 4.69) is 19.3 Å². The van der Waals surface area contributed by atoms with Gasteiger partial charge in [-0.3, -0.25) is 4.72 Å². The number of benzene rings is 2. The lowest BCUT2D eigenvalue weighted by molar-refractivity contribution is 0.0598. The molecule has 0 fully saturated rings. The zero-order chi connectivity index (χ0) is 21.0. The van der Waals surface area contributed by atoms with E-state index in [9.17, 15) is 18.0 Å². The third-order valence-electron chi connectivity index (χ3n) is 3.93. The average Bonchev–Trinajstić information content (AvgIpc) is 3.27. The lowest BCUT2D eigenvalue weighted by Crippen LogP contribution is -2.16. The number of esters is 2. The first-order valence-corrected chi connectivity index (χ1v) is 9.77. The summed E-state index contributed by atoms with van der Waals surface area (Å²) in [6.07, 6.45) is 3.32. The molecule has 1 heterocycles. The fraction of sp³-hybridized carbons (Fsp3) is 0.105. The number of nitrogens with one attached hydrogen (secondary N) is 1. The van der Waals surface area contributed by atoms with Crippen molar-refractivity contribution < 1.29 is 27.5 Å². The minimum absolute atomic E-state index is 0.0962. The highest BCUT2D eigenvalue weighted by molar-refractivity contribution is 7.92. The zero-order valence-electron chi connectivity index (χ0n) is 15.5. The predicted octanol–water partition coefficient (Wildman–Crippen LogP) is 2.25. The van der Waals surface area contributed by atoms with Crippen LogP contribution in [0.4, 0.5) is 5.69 Å². The van der Waals surface area contributed by atoms with Crippen LogP contribution in [0.1, 0.15) is 20.7 Å². The first kappa shape index (κ1) is 20.1. The number of hydrogen-bond donors (Lipinski definition) is 1. The Bertz CT molecular complexity index is 1120. The molecule has 3 rings (SSSR count). The van der Waals surface area contributed by atoms with Crippen LogP contribution in [0, 0.1) is 0 Å². The molecule has 29 heavy (non-hydrogen) atoms. The number of rotatable bonds is 6. The average molecular weight is 415 g/mol. The molecule has 0 aliphatic heterocycles. The van der Waals surface area contributed by atoms with Gasteiger partial charge in [0, 0.05) is 12.4 Å². The maximum absolute atomic E-state index is 12.9. The van der Waals surface area contributed by atoms with Crippen LogP contribution in [0.3, 0.4) is 0 Å². The van der Waals surface area contributed by atoms with Gasteiger partial charge in [-0.2, -0.15) is 5.10 Å². The monoisotopic (exact) mass is 415 g/mol. The molecule has 150 valence electrons. The van der Waals surface area contributed by atoms with Crippen LogP contribution < -0.4 is 4.72 Å². The molecule has 0 atom stereocenters. The van der Waals surface area contributed by atoms with E-state index in [0.717, 1.165) is 26.4 Å². The molecule has 1 aromatic heterocycles. The van der Waals surface area contributed by atoms with E-state index in [-0.39, 0.29) is 21.7 Å². The molecule has 0 aliphatic rings. The molecule has 9 nitrogen and oxygen atoms in total. The fourth-order valence-corrected chi connectivity index (χ4v) is 3.69. The number of anilines is 1. The van der Waals surface area contributed by atoms with E-state index in [4.69, 9.17) is 0 Å². The number of methoxy groups -OCH3 is 2. The molecule has 0 spiro atoms. The summed E-state index contributed by atoms with van der Waals surface area (Å²) in [5, 5.41) is 4.10. The molecule has 0 aliphatic carbocycles. The van der Waals surface area contributed by atoms with Crippen LogP contribution in [0.5, 0.6) is 0 Å².